The fourth-order valence-corrected chi connectivity index (χ4v) is 3.21. The second kappa shape index (κ2) is 7.14. The monoisotopic (exact) mass is 369 g/mol. The number of rotatable bonds is 2. The minimum absolute atomic E-state index is 0.143. The Morgan fingerprint density at radius 2 is 1.77 bits per heavy atom. The van der Waals surface area contributed by atoms with Crippen molar-refractivity contribution in [1.29, 1.82) is 0 Å². The first-order valence-corrected chi connectivity index (χ1v) is 8.74. The van der Waals surface area contributed by atoms with E-state index in [2.05, 4.69) is 9.97 Å². The molecular weight excluding hydrogens is 350 g/mol. The number of benzene rings is 2. The maximum absolute atomic E-state index is 12.4. The lowest BCUT2D eigenvalue weighted by Gasteiger charge is -2.11. The summed E-state index contributed by atoms with van der Waals surface area (Å²) in [6.07, 6.45) is 0. The van der Waals surface area contributed by atoms with Gasteiger partial charge in [0.1, 0.15) is 11.4 Å². The fourth-order valence-electron chi connectivity index (χ4n) is 3.04. The molecule has 0 radical (unpaired) electrons. The Kier molecular flexibility index (Phi) is 4.91. The van der Waals surface area contributed by atoms with Crippen LogP contribution in [0, 0.1) is 0 Å². The lowest BCUT2D eigenvalue weighted by atomic mass is 10.0. The number of anilines is 1. The molecular formula is C20H20ClN3O2. The molecule has 0 atom stereocenters. The van der Waals surface area contributed by atoms with Crippen molar-refractivity contribution in [2.45, 2.75) is 13.8 Å². The average Bonchev–Trinajstić information content (AvgIpc) is 3.01. The number of nitrogen functional groups attached to an aromatic ring is 1. The highest BCUT2D eigenvalue weighted by molar-refractivity contribution is 6.31. The van der Waals surface area contributed by atoms with E-state index in [1.165, 1.54) is 0 Å². The van der Waals surface area contributed by atoms with Gasteiger partial charge in [0.2, 0.25) is 0 Å². The van der Waals surface area contributed by atoms with Gasteiger partial charge in [0.15, 0.2) is 0 Å². The number of halogens is 1. The zero-order chi connectivity index (χ0) is 18.8. The van der Waals surface area contributed by atoms with Gasteiger partial charge in [0.05, 0.1) is 18.1 Å². The second-order valence-electron chi connectivity index (χ2n) is 5.51. The van der Waals surface area contributed by atoms with Crippen LogP contribution in [0.15, 0.2) is 47.3 Å². The summed E-state index contributed by atoms with van der Waals surface area (Å²) in [5.41, 5.74) is 9.58. The summed E-state index contributed by atoms with van der Waals surface area (Å²) in [6, 6.07) is 12.9. The molecule has 4 rings (SSSR count). The van der Waals surface area contributed by atoms with Crippen molar-refractivity contribution in [2.75, 3.05) is 12.8 Å². The Bertz CT molecular complexity index is 1150. The number of hydrogen-bond acceptors (Lipinski definition) is 3. The van der Waals surface area contributed by atoms with E-state index in [4.69, 9.17) is 22.1 Å². The molecule has 6 heteroatoms. The third-order valence-electron chi connectivity index (χ3n) is 4.14. The van der Waals surface area contributed by atoms with Gasteiger partial charge >= 0.3 is 0 Å². The van der Waals surface area contributed by atoms with Gasteiger partial charge in [0, 0.05) is 27.1 Å². The molecule has 0 saturated heterocycles. The summed E-state index contributed by atoms with van der Waals surface area (Å²) < 4.78 is 5.43. The van der Waals surface area contributed by atoms with Crippen LogP contribution in [0.3, 0.4) is 0 Å². The molecule has 0 aliphatic heterocycles. The van der Waals surface area contributed by atoms with Crippen molar-refractivity contribution in [3.63, 3.8) is 0 Å². The van der Waals surface area contributed by atoms with E-state index >= 15 is 0 Å². The molecule has 0 fully saturated rings. The third kappa shape index (κ3) is 2.80. The van der Waals surface area contributed by atoms with Gasteiger partial charge in [-0.05, 0) is 24.3 Å². The van der Waals surface area contributed by atoms with E-state index in [0.717, 1.165) is 22.0 Å². The molecule has 134 valence electrons. The van der Waals surface area contributed by atoms with E-state index < -0.39 is 0 Å². The van der Waals surface area contributed by atoms with E-state index in [9.17, 15) is 4.79 Å². The fraction of sp³-hybridized carbons (Fsp3) is 0.150. The first-order chi connectivity index (χ1) is 12.6. The molecule has 2 aromatic heterocycles. The number of nitrogens with one attached hydrogen (secondary N) is 2. The van der Waals surface area contributed by atoms with Gasteiger partial charge < -0.3 is 20.4 Å². The molecule has 0 bridgehead atoms. The van der Waals surface area contributed by atoms with Gasteiger partial charge in [-0.25, -0.2) is 0 Å². The Labute approximate surface area is 155 Å². The summed E-state index contributed by atoms with van der Waals surface area (Å²) in [7, 11) is 1.59. The Hall–Kier alpha value is -2.92. The molecule has 2 aromatic carbocycles. The average molecular weight is 370 g/mol. The number of H-pyrrole nitrogens is 2. The SMILES string of the molecule is CC.COc1ccccc1-c1c(N)c(=O)[nH]c2c1[nH]c1ccc(Cl)cc12. The maximum Gasteiger partial charge on any atom is 0.272 e. The minimum Gasteiger partial charge on any atom is -0.496 e. The number of para-hydroxylation sites is 1. The maximum atomic E-state index is 12.4. The van der Waals surface area contributed by atoms with Gasteiger partial charge in [-0.2, -0.15) is 0 Å². The normalized spacial score (nSPS) is 10.6. The number of aromatic amines is 2. The van der Waals surface area contributed by atoms with Gasteiger partial charge in [-0.1, -0.05) is 43.6 Å². The molecule has 5 nitrogen and oxygen atoms in total. The highest BCUT2D eigenvalue weighted by Crippen LogP contribution is 2.38. The molecule has 0 aliphatic rings. The van der Waals surface area contributed by atoms with Crippen molar-refractivity contribution < 1.29 is 4.74 Å². The standard InChI is InChI=1S/C18H14ClN3O2.C2H6/c1-24-13-5-3-2-4-10(13)14-15(20)18(23)22-16-11-8-9(19)6-7-12(11)21-17(14)16;1-2/h2-8,21H,20H2,1H3,(H,22,23);1-2H3. The highest BCUT2D eigenvalue weighted by atomic mass is 35.5. The first kappa shape index (κ1) is 17.9. The summed E-state index contributed by atoms with van der Waals surface area (Å²) in [5.74, 6) is 0.646. The highest BCUT2D eigenvalue weighted by Gasteiger charge is 2.18. The smallest absolute Gasteiger partial charge is 0.272 e. The van der Waals surface area contributed by atoms with Gasteiger partial charge in [-0.15, -0.1) is 0 Å². The summed E-state index contributed by atoms with van der Waals surface area (Å²) in [6.45, 7) is 4.00. The third-order valence-corrected chi connectivity index (χ3v) is 4.37. The van der Waals surface area contributed by atoms with Crippen molar-refractivity contribution in [3.8, 4) is 16.9 Å². The number of aromatic nitrogens is 2. The van der Waals surface area contributed by atoms with Crippen LogP contribution in [0.2, 0.25) is 5.02 Å². The Morgan fingerprint density at radius 1 is 1.04 bits per heavy atom. The predicted octanol–water partition coefficient (Wildman–Crippen LogP) is 4.95. The van der Waals surface area contributed by atoms with Crippen LogP contribution in [-0.4, -0.2) is 17.1 Å². The number of hydrogen-bond donors (Lipinski definition) is 3. The Morgan fingerprint density at radius 3 is 2.50 bits per heavy atom. The molecule has 2 heterocycles. The van der Waals surface area contributed by atoms with Crippen LogP contribution in [-0.2, 0) is 0 Å². The van der Waals surface area contributed by atoms with E-state index in [-0.39, 0.29) is 11.2 Å². The van der Waals surface area contributed by atoms with Crippen LogP contribution >= 0.6 is 11.6 Å². The zero-order valence-electron chi connectivity index (χ0n) is 14.8. The minimum atomic E-state index is -0.343. The summed E-state index contributed by atoms with van der Waals surface area (Å²) in [5, 5.41) is 1.44. The topological polar surface area (TPSA) is 83.9 Å². The number of ether oxygens (including phenoxy) is 1. The number of pyridine rings is 1. The molecule has 0 aliphatic carbocycles. The van der Waals surface area contributed by atoms with Crippen molar-refractivity contribution in [1.82, 2.24) is 9.97 Å². The predicted molar refractivity (Wildman–Crippen MR) is 109 cm³/mol. The number of nitrogens with two attached hydrogens (primary N) is 1. The lowest BCUT2D eigenvalue weighted by Crippen LogP contribution is -2.13. The molecule has 26 heavy (non-hydrogen) atoms. The van der Waals surface area contributed by atoms with Crippen molar-refractivity contribution in [3.05, 3.63) is 57.8 Å². The van der Waals surface area contributed by atoms with Gasteiger partial charge in [0.25, 0.3) is 5.56 Å². The van der Waals surface area contributed by atoms with Crippen LogP contribution in [0.1, 0.15) is 13.8 Å². The van der Waals surface area contributed by atoms with Crippen LogP contribution in [0.4, 0.5) is 5.69 Å². The molecule has 0 amide bonds. The molecule has 0 saturated carbocycles. The molecule has 0 unspecified atom stereocenters. The van der Waals surface area contributed by atoms with Crippen molar-refractivity contribution >= 4 is 39.2 Å². The van der Waals surface area contributed by atoms with Crippen LogP contribution < -0.4 is 16.0 Å². The van der Waals surface area contributed by atoms with Crippen LogP contribution in [0.25, 0.3) is 33.1 Å². The molecule has 0 spiro atoms. The number of fused-ring (bicyclic) bond motifs is 3. The first-order valence-electron chi connectivity index (χ1n) is 8.36. The van der Waals surface area contributed by atoms with Crippen molar-refractivity contribution in [2.24, 2.45) is 0 Å². The lowest BCUT2D eigenvalue weighted by molar-refractivity contribution is 0.416. The van der Waals surface area contributed by atoms with E-state index in [1.807, 2.05) is 50.2 Å². The molecule has 4 aromatic rings. The van der Waals surface area contributed by atoms with E-state index in [1.54, 1.807) is 13.2 Å². The molecule has 4 N–H and O–H groups in total. The van der Waals surface area contributed by atoms with Crippen LogP contribution in [0.5, 0.6) is 5.75 Å². The summed E-state index contributed by atoms with van der Waals surface area (Å²) in [4.78, 5) is 18.6. The van der Waals surface area contributed by atoms with Gasteiger partial charge in [-0.3, -0.25) is 4.79 Å². The zero-order valence-corrected chi connectivity index (χ0v) is 15.6. The number of methoxy groups -OCH3 is 1. The quantitative estimate of drug-likeness (QED) is 0.467. The largest absolute Gasteiger partial charge is 0.496 e. The summed E-state index contributed by atoms with van der Waals surface area (Å²) >= 11 is 6.10. The second-order valence-corrected chi connectivity index (χ2v) is 5.94. The Balaban J connectivity index is 0.000000948. The van der Waals surface area contributed by atoms with E-state index in [0.29, 0.717) is 21.9 Å².